The van der Waals surface area contributed by atoms with E-state index in [4.69, 9.17) is 4.74 Å². The van der Waals surface area contributed by atoms with Crippen LogP contribution in [0.4, 0.5) is 0 Å². The monoisotopic (exact) mass is 366 g/mol. The molecule has 0 saturated heterocycles. The highest BCUT2D eigenvalue weighted by Crippen LogP contribution is 2.22. The molecule has 0 spiro atoms. The predicted octanol–water partition coefficient (Wildman–Crippen LogP) is 2.65. The first-order chi connectivity index (χ1) is 10.5. The summed E-state index contributed by atoms with van der Waals surface area (Å²) in [6.07, 6.45) is 1.73. The first-order valence-electron chi connectivity index (χ1n) is 6.94. The van der Waals surface area contributed by atoms with Crippen LogP contribution in [0.3, 0.4) is 0 Å². The van der Waals surface area contributed by atoms with Crippen LogP contribution in [0.5, 0.6) is 5.75 Å². The van der Waals surface area contributed by atoms with E-state index >= 15 is 0 Å². The van der Waals surface area contributed by atoms with E-state index in [0.29, 0.717) is 28.8 Å². The van der Waals surface area contributed by atoms with Gasteiger partial charge in [0.25, 0.3) is 5.91 Å². The molecule has 0 aliphatic heterocycles. The minimum Gasteiger partial charge on any atom is -0.497 e. The van der Waals surface area contributed by atoms with Crippen LogP contribution in [0, 0.1) is 0 Å². The molecule has 0 radical (unpaired) electrons. The lowest BCUT2D eigenvalue weighted by atomic mass is 10.1. The minimum atomic E-state index is -0.603. The van der Waals surface area contributed by atoms with Gasteiger partial charge in [0.1, 0.15) is 5.75 Å². The van der Waals surface area contributed by atoms with Gasteiger partial charge in [0.05, 0.1) is 18.8 Å². The van der Waals surface area contributed by atoms with E-state index in [2.05, 4.69) is 21.2 Å². The van der Waals surface area contributed by atoms with Gasteiger partial charge in [-0.3, -0.25) is 4.79 Å². The van der Waals surface area contributed by atoms with Crippen molar-refractivity contribution in [1.82, 2.24) is 9.88 Å². The van der Waals surface area contributed by atoms with Crippen molar-refractivity contribution in [1.29, 1.82) is 0 Å². The number of aliphatic hydroxyl groups is 1. The molecule has 2 N–H and O–H groups in total. The lowest BCUT2D eigenvalue weighted by molar-refractivity contribution is 0.0940. The molecule has 1 heterocycles. The Morgan fingerprint density at radius 3 is 2.86 bits per heavy atom. The van der Waals surface area contributed by atoms with Gasteiger partial charge < -0.3 is 19.7 Å². The first kappa shape index (κ1) is 16.6. The molecule has 2 rings (SSSR count). The standard InChI is InChI=1S/C16H19BrN2O3/c1-19-9-3-4-14(19)15(20)7-8-18-16(21)12-10-11(22-2)5-6-13(12)17/h3-6,9-10,15,20H,7-8H2,1-2H3,(H,18,21). The van der Waals surface area contributed by atoms with Crippen molar-refractivity contribution in [3.8, 4) is 5.75 Å². The summed E-state index contributed by atoms with van der Waals surface area (Å²) in [5, 5.41) is 12.9. The molecule has 1 amide bonds. The summed E-state index contributed by atoms with van der Waals surface area (Å²) in [7, 11) is 3.44. The SMILES string of the molecule is COc1ccc(Br)c(C(=O)NCCC(O)c2cccn2C)c1. The molecular formula is C16H19BrN2O3. The van der Waals surface area contributed by atoms with Crippen molar-refractivity contribution in [2.45, 2.75) is 12.5 Å². The lowest BCUT2D eigenvalue weighted by Crippen LogP contribution is -2.26. The predicted molar refractivity (Wildman–Crippen MR) is 88.0 cm³/mol. The largest absolute Gasteiger partial charge is 0.497 e. The maximum Gasteiger partial charge on any atom is 0.252 e. The van der Waals surface area contributed by atoms with E-state index in [0.717, 1.165) is 5.69 Å². The van der Waals surface area contributed by atoms with Crippen molar-refractivity contribution >= 4 is 21.8 Å². The van der Waals surface area contributed by atoms with Gasteiger partial charge >= 0.3 is 0 Å². The van der Waals surface area contributed by atoms with Crippen LogP contribution < -0.4 is 10.1 Å². The summed E-state index contributed by atoms with van der Waals surface area (Å²) in [6, 6.07) is 8.97. The second-order valence-corrected chi connectivity index (χ2v) is 5.80. The number of nitrogens with one attached hydrogen (secondary N) is 1. The van der Waals surface area contributed by atoms with E-state index in [1.165, 1.54) is 0 Å². The molecule has 22 heavy (non-hydrogen) atoms. The molecule has 0 saturated carbocycles. The van der Waals surface area contributed by atoms with Gasteiger partial charge in [0.2, 0.25) is 0 Å². The molecule has 1 unspecified atom stereocenters. The molecule has 1 atom stereocenters. The molecule has 118 valence electrons. The van der Waals surface area contributed by atoms with Gasteiger partial charge in [-0.1, -0.05) is 0 Å². The number of benzene rings is 1. The van der Waals surface area contributed by atoms with Crippen LogP contribution in [0.1, 0.15) is 28.6 Å². The molecule has 0 fully saturated rings. The van der Waals surface area contributed by atoms with Crippen LogP contribution >= 0.6 is 15.9 Å². The second-order valence-electron chi connectivity index (χ2n) is 4.95. The molecule has 0 bridgehead atoms. The number of aromatic nitrogens is 1. The highest BCUT2D eigenvalue weighted by Gasteiger charge is 2.13. The molecular weight excluding hydrogens is 348 g/mol. The first-order valence-corrected chi connectivity index (χ1v) is 7.73. The van der Waals surface area contributed by atoms with Crippen LogP contribution in [0.25, 0.3) is 0 Å². The fourth-order valence-corrected chi connectivity index (χ4v) is 2.62. The summed E-state index contributed by atoms with van der Waals surface area (Å²) in [5.74, 6) is 0.419. The van der Waals surface area contributed by atoms with E-state index < -0.39 is 6.10 Å². The lowest BCUT2D eigenvalue weighted by Gasteiger charge is -2.13. The Balaban J connectivity index is 1.92. The molecule has 0 aliphatic carbocycles. The van der Waals surface area contributed by atoms with Crippen molar-refractivity contribution in [3.05, 3.63) is 52.3 Å². The van der Waals surface area contributed by atoms with Crippen molar-refractivity contribution in [2.75, 3.05) is 13.7 Å². The Morgan fingerprint density at radius 2 is 2.23 bits per heavy atom. The quantitative estimate of drug-likeness (QED) is 0.825. The number of carbonyl (C=O) groups is 1. The van der Waals surface area contributed by atoms with Gasteiger partial charge in [-0.2, -0.15) is 0 Å². The van der Waals surface area contributed by atoms with Gasteiger partial charge in [-0.15, -0.1) is 0 Å². The Hall–Kier alpha value is -1.79. The number of nitrogens with zero attached hydrogens (tertiary/aromatic N) is 1. The zero-order valence-electron chi connectivity index (χ0n) is 12.5. The van der Waals surface area contributed by atoms with Crippen LogP contribution in [0.15, 0.2) is 41.0 Å². The zero-order valence-corrected chi connectivity index (χ0v) is 14.1. The number of halogens is 1. The minimum absolute atomic E-state index is 0.204. The van der Waals surface area contributed by atoms with Gasteiger partial charge in [-0.05, 0) is 52.7 Å². The van der Waals surface area contributed by atoms with Crippen molar-refractivity contribution in [3.63, 3.8) is 0 Å². The maximum atomic E-state index is 12.2. The van der Waals surface area contributed by atoms with Crippen LogP contribution in [-0.2, 0) is 7.05 Å². The number of aryl methyl sites for hydroxylation is 1. The van der Waals surface area contributed by atoms with E-state index in [1.807, 2.05) is 29.9 Å². The number of hydrogen-bond acceptors (Lipinski definition) is 3. The third-order valence-corrected chi connectivity index (χ3v) is 4.14. The second kappa shape index (κ2) is 7.47. The van der Waals surface area contributed by atoms with Gasteiger partial charge in [0.15, 0.2) is 0 Å². The topological polar surface area (TPSA) is 63.5 Å². The van der Waals surface area contributed by atoms with Gasteiger partial charge in [0, 0.05) is 30.0 Å². The third-order valence-electron chi connectivity index (χ3n) is 3.45. The average molecular weight is 367 g/mol. The number of methoxy groups -OCH3 is 1. The molecule has 6 heteroatoms. The van der Waals surface area contributed by atoms with Crippen molar-refractivity contribution < 1.29 is 14.6 Å². The van der Waals surface area contributed by atoms with Crippen LogP contribution in [-0.4, -0.2) is 29.2 Å². The number of hydrogen-bond donors (Lipinski definition) is 2. The highest BCUT2D eigenvalue weighted by molar-refractivity contribution is 9.10. The molecule has 5 nitrogen and oxygen atoms in total. The number of carbonyl (C=O) groups excluding carboxylic acids is 1. The summed E-state index contributed by atoms with van der Waals surface area (Å²) in [5.41, 5.74) is 1.34. The van der Waals surface area contributed by atoms with Crippen LogP contribution in [0.2, 0.25) is 0 Å². The Morgan fingerprint density at radius 1 is 1.45 bits per heavy atom. The Kier molecular flexibility index (Phi) is 5.63. The number of amides is 1. The fourth-order valence-electron chi connectivity index (χ4n) is 2.19. The summed E-state index contributed by atoms with van der Waals surface area (Å²) in [4.78, 5) is 12.2. The Bertz CT molecular complexity index is 655. The average Bonchev–Trinajstić information content (AvgIpc) is 2.93. The maximum absolute atomic E-state index is 12.2. The summed E-state index contributed by atoms with van der Waals surface area (Å²) >= 11 is 3.35. The normalized spacial score (nSPS) is 12.0. The smallest absolute Gasteiger partial charge is 0.252 e. The summed E-state index contributed by atoms with van der Waals surface area (Å²) in [6.45, 7) is 0.384. The van der Waals surface area contributed by atoms with Gasteiger partial charge in [-0.25, -0.2) is 0 Å². The Labute approximate surface area is 138 Å². The van der Waals surface area contributed by atoms with E-state index in [-0.39, 0.29) is 5.91 Å². The number of aliphatic hydroxyl groups excluding tert-OH is 1. The zero-order chi connectivity index (χ0) is 16.1. The molecule has 1 aromatic heterocycles. The van der Waals surface area contributed by atoms with E-state index in [9.17, 15) is 9.90 Å². The fraction of sp³-hybridized carbons (Fsp3) is 0.312. The summed E-state index contributed by atoms with van der Waals surface area (Å²) < 4.78 is 7.69. The molecule has 1 aromatic carbocycles. The third kappa shape index (κ3) is 3.90. The van der Waals surface area contributed by atoms with Crippen molar-refractivity contribution in [2.24, 2.45) is 7.05 Å². The molecule has 2 aromatic rings. The molecule has 0 aliphatic rings. The highest BCUT2D eigenvalue weighted by atomic mass is 79.9. The number of ether oxygens (including phenoxy) is 1. The van der Waals surface area contributed by atoms with E-state index in [1.54, 1.807) is 25.3 Å². The number of rotatable bonds is 6.